The highest BCUT2D eigenvalue weighted by atomic mass is 35.5. The van der Waals surface area contributed by atoms with Crippen LogP contribution in [-0.4, -0.2) is 40.8 Å². The molecule has 1 saturated carbocycles. The smallest absolute Gasteiger partial charge is 0.232 e. The Morgan fingerprint density at radius 3 is 2.87 bits per heavy atom. The van der Waals surface area contributed by atoms with Crippen LogP contribution < -0.4 is 4.74 Å². The fourth-order valence-corrected chi connectivity index (χ4v) is 4.64. The van der Waals surface area contributed by atoms with E-state index in [1.54, 1.807) is 11.8 Å². The highest BCUT2D eigenvalue weighted by Crippen LogP contribution is 2.39. The van der Waals surface area contributed by atoms with Gasteiger partial charge in [0, 0.05) is 18.8 Å². The van der Waals surface area contributed by atoms with E-state index in [2.05, 4.69) is 9.97 Å². The number of hydrogen-bond donors (Lipinski definition) is 0. The summed E-state index contributed by atoms with van der Waals surface area (Å²) in [6.07, 6.45) is 7.35. The second-order valence-corrected chi connectivity index (χ2v) is 7.67. The van der Waals surface area contributed by atoms with Crippen LogP contribution in [0.3, 0.4) is 0 Å². The summed E-state index contributed by atoms with van der Waals surface area (Å²) in [5.74, 6) is 1.65. The van der Waals surface area contributed by atoms with Crippen molar-refractivity contribution in [1.82, 2.24) is 9.97 Å². The SMILES string of the molecule is Clc1nc2c(c(O[C@@H]3CCC[C@H]3OC3CCCCO3)n1)SCC2. The Kier molecular flexibility index (Phi) is 4.94. The van der Waals surface area contributed by atoms with Gasteiger partial charge >= 0.3 is 0 Å². The Hall–Kier alpha value is -0.560. The Morgan fingerprint density at radius 1 is 1.09 bits per heavy atom. The lowest BCUT2D eigenvalue weighted by Crippen LogP contribution is -2.35. The number of fused-ring (bicyclic) bond motifs is 1. The normalized spacial score (nSPS) is 30.4. The minimum absolute atomic E-state index is 0.0248. The van der Waals surface area contributed by atoms with Gasteiger partial charge in [-0.2, -0.15) is 4.98 Å². The van der Waals surface area contributed by atoms with E-state index >= 15 is 0 Å². The third kappa shape index (κ3) is 3.60. The molecule has 126 valence electrons. The van der Waals surface area contributed by atoms with E-state index in [-0.39, 0.29) is 23.8 Å². The summed E-state index contributed by atoms with van der Waals surface area (Å²) in [5, 5.41) is 0.271. The summed E-state index contributed by atoms with van der Waals surface area (Å²) in [7, 11) is 0. The molecule has 0 radical (unpaired) electrons. The van der Waals surface area contributed by atoms with Crippen molar-refractivity contribution >= 4 is 23.4 Å². The van der Waals surface area contributed by atoms with Gasteiger partial charge < -0.3 is 14.2 Å². The molecule has 1 saturated heterocycles. The largest absolute Gasteiger partial charge is 0.471 e. The number of ether oxygens (including phenoxy) is 3. The van der Waals surface area contributed by atoms with Gasteiger partial charge in [-0.15, -0.1) is 11.8 Å². The molecule has 2 aliphatic heterocycles. The van der Waals surface area contributed by atoms with Gasteiger partial charge in [0.15, 0.2) is 6.29 Å². The lowest BCUT2D eigenvalue weighted by atomic mass is 10.2. The van der Waals surface area contributed by atoms with Gasteiger partial charge in [0.25, 0.3) is 0 Å². The van der Waals surface area contributed by atoms with Crippen LogP contribution in [0.15, 0.2) is 4.90 Å². The van der Waals surface area contributed by atoms with Gasteiger partial charge in [-0.3, -0.25) is 0 Å². The first kappa shape index (κ1) is 15.9. The predicted octanol–water partition coefficient (Wildman–Crippen LogP) is 3.62. The first-order valence-corrected chi connectivity index (χ1v) is 9.79. The van der Waals surface area contributed by atoms with Crippen molar-refractivity contribution in [3.8, 4) is 5.88 Å². The maximum atomic E-state index is 6.22. The first-order chi connectivity index (χ1) is 11.3. The molecule has 0 aromatic carbocycles. The minimum Gasteiger partial charge on any atom is -0.471 e. The highest BCUT2D eigenvalue weighted by molar-refractivity contribution is 7.99. The molecular formula is C16H21ClN2O3S. The molecule has 23 heavy (non-hydrogen) atoms. The first-order valence-electron chi connectivity index (χ1n) is 8.42. The fourth-order valence-electron chi connectivity index (χ4n) is 3.43. The lowest BCUT2D eigenvalue weighted by molar-refractivity contribution is -0.199. The summed E-state index contributed by atoms with van der Waals surface area (Å²) >= 11 is 7.79. The third-order valence-electron chi connectivity index (χ3n) is 4.58. The number of hydrogen-bond acceptors (Lipinski definition) is 6. The molecule has 1 aromatic heterocycles. The molecule has 3 heterocycles. The van der Waals surface area contributed by atoms with Gasteiger partial charge in [0.2, 0.25) is 11.2 Å². The molecule has 7 heteroatoms. The molecule has 0 spiro atoms. The quantitative estimate of drug-likeness (QED) is 0.768. The Labute approximate surface area is 145 Å². The molecule has 2 fully saturated rings. The van der Waals surface area contributed by atoms with Crippen LogP contribution in [0.4, 0.5) is 0 Å². The predicted molar refractivity (Wildman–Crippen MR) is 88.2 cm³/mol. The number of thioether (sulfide) groups is 1. The zero-order valence-electron chi connectivity index (χ0n) is 13.0. The van der Waals surface area contributed by atoms with Crippen molar-refractivity contribution in [2.45, 2.75) is 68.3 Å². The van der Waals surface area contributed by atoms with E-state index in [4.69, 9.17) is 25.8 Å². The van der Waals surface area contributed by atoms with E-state index in [9.17, 15) is 0 Å². The molecular weight excluding hydrogens is 336 g/mol. The number of aryl methyl sites for hydroxylation is 1. The zero-order valence-corrected chi connectivity index (χ0v) is 14.6. The Balaban J connectivity index is 1.45. The molecule has 3 atom stereocenters. The topological polar surface area (TPSA) is 53.5 Å². The van der Waals surface area contributed by atoms with Crippen molar-refractivity contribution < 1.29 is 14.2 Å². The average Bonchev–Trinajstić information content (AvgIpc) is 3.18. The number of nitrogens with zero attached hydrogens (tertiary/aromatic N) is 2. The van der Waals surface area contributed by atoms with Gasteiger partial charge in [0.05, 0.1) is 16.7 Å². The van der Waals surface area contributed by atoms with Gasteiger partial charge in [0.1, 0.15) is 6.10 Å². The van der Waals surface area contributed by atoms with Crippen molar-refractivity contribution in [2.24, 2.45) is 0 Å². The Morgan fingerprint density at radius 2 is 2.00 bits per heavy atom. The second-order valence-electron chi connectivity index (χ2n) is 6.23. The summed E-state index contributed by atoms with van der Waals surface area (Å²) in [6.45, 7) is 0.800. The monoisotopic (exact) mass is 356 g/mol. The minimum atomic E-state index is -0.0768. The van der Waals surface area contributed by atoms with E-state index in [1.165, 1.54) is 6.42 Å². The van der Waals surface area contributed by atoms with Crippen LogP contribution in [-0.2, 0) is 15.9 Å². The fraction of sp³-hybridized carbons (Fsp3) is 0.750. The second kappa shape index (κ2) is 7.13. The van der Waals surface area contributed by atoms with E-state index in [0.717, 1.165) is 61.5 Å². The Bertz CT molecular complexity index is 569. The molecule has 0 bridgehead atoms. The van der Waals surface area contributed by atoms with E-state index in [0.29, 0.717) is 5.88 Å². The van der Waals surface area contributed by atoms with Gasteiger partial charge in [-0.1, -0.05) is 0 Å². The lowest BCUT2D eigenvalue weighted by Gasteiger charge is -2.29. The average molecular weight is 357 g/mol. The van der Waals surface area contributed by atoms with Crippen LogP contribution >= 0.6 is 23.4 Å². The summed E-state index contributed by atoms with van der Waals surface area (Å²) < 4.78 is 18.1. The molecule has 1 unspecified atom stereocenters. The standard InChI is InChI=1S/C16H21ClN2O3S/c17-16-18-10-7-9-23-14(10)15(19-16)22-12-5-3-4-11(12)21-13-6-1-2-8-20-13/h11-13H,1-9H2/t11-,12-,13?/m1/s1. The van der Waals surface area contributed by atoms with Crippen molar-refractivity contribution in [1.29, 1.82) is 0 Å². The molecule has 5 nitrogen and oxygen atoms in total. The van der Waals surface area contributed by atoms with Crippen molar-refractivity contribution in [3.05, 3.63) is 11.0 Å². The molecule has 3 aliphatic rings. The number of aromatic nitrogens is 2. The third-order valence-corrected chi connectivity index (χ3v) is 5.86. The summed E-state index contributed by atoms with van der Waals surface area (Å²) in [4.78, 5) is 9.67. The highest BCUT2D eigenvalue weighted by Gasteiger charge is 2.34. The van der Waals surface area contributed by atoms with Crippen LogP contribution in [0.5, 0.6) is 5.88 Å². The van der Waals surface area contributed by atoms with Crippen LogP contribution in [0.25, 0.3) is 0 Å². The van der Waals surface area contributed by atoms with E-state index in [1.807, 2.05) is 0 Å². The maximum absolute atomic E-state index is 6.22. The van der Waals surface area contributed by atoms with Gasteiger partial charge in [-0.05, 0) is 50.1 Å². The van der Waals surface area contributed by atoms with Crippen molar-refractivity contribution in [3.63, 3.8) is 0 Å². The summed E-state index contributed by atoms with van der Waals surface area (Å²) in [5.41, 5.74) is 1.01. The molecule has 1 aromatic rings. The maximum Gasteiger partial charge on any atom is 0.232 e. The molecule has 4 rings (SSSR count). The van der Waals surface area contributed by atoms with E-state index < -0.39 is 0 Å². The zero-order chi connectivity index (χ0) is 15.6. The summed E-state index contributed by atoms with van der Waals surface area (Å²) in [6, 6.07) is 0. The van der Waals surface area contributed by atoms with Crippen LogP contribution in [0.1, 0.15) is 44.2 Å². The molecule has 0 N–H and O–H groups in total. The number of rotatable bonds is 4. The number of halogens is 1. The van der Waals surface area contributed by atoms with Crippen LogP contribution in [0.2, 0.25) is 5.28 Å². The van der Waals surface area contributed by atoms with Gasteiger partial charge in [-0.25, -0.2) is 4.98 Å². The van der Waals surface area contributed by atoms with Crippen LogP contribution in [0, 0.1) is 0 Å². The van der Waals surface area contributed by atoms with Crippen molar-refractivity contribution in [2.75, 3.05) is 12.4 Å². The molecule has 0 amide bonds. The molecule has 1 aliphatic carbocycles.